The van der Waals surface area contributed by atoms with Crippen molar-refractivity contribution in [1.82, 2.24) is 5.32 Å². The van der Waals surface area contributed by atoms with Crippen molar-refractivity contribution >= 4 is 17.5 Å². The molecule has 0 heterocycles. The first kappa shape index (κ1) is 14.9. The van der Waals surface area contributed by atoms with Gasteiger partial charge in [0.05, 0.1) is 11.1 Å². The number of carbonyl (C=O) groups excluding carboxylic acids is 1. The van der Waals surface area contributed by atoms with Gasteiger partial charge in [0.2, 0.25) is 5.91 Å². The Hall–Kier alpha value is -1.13. The van der Waals surface area contributed by atoms with Crippen molar-refractivity contribution in [2.24, 2.45) is 11.7 Å². The Balaban J connectivity index is 2.73. The molecule has 0 spiro atoms. The molecule has 5 heteroatoms. The Morgan fingerprint density at radius 1 is 1.39 bits per heavy atom. The lowest BCUT2D eigenvalue weighted by Crippen LogP contribution is -2.39. The topological polar surface area (TPSA) is 55.1 Å². The van der Waals surface area contributed by atoms with Gasteiger partial charge in [-0.3, -0.25) is 4.79 Å². The van der Waals surface area contributed by atoms with Crippen LogP contribution in [0.3, 0.4) is 0 Å². The van der Waals surface area contributed by atoms with Crippen molar-refractivity contribution in [3.63, 3.8) is 0 Å². The van der Waals surface area contributed by atoms with Gasteiger partial charge in [0.15, 0.2) is 0 Å². The third-order valence-electron chi connectivity index (χ3n) is 3.00. The number of nitrogens with two attached hydrogens (primary N) is 1. The van der Waals surface area contributed by atoms with E-state index in [-0.39, 0.29) is 28.9 Å². The molecule has 1 amide bonds. The van der Waals surface area contributed by atoms with Gasteiger partial charge in [-0.2, -0.15) is 0 Å². The summed E-state index contributed by atoms with van der Waals surface area (Å²) in [6, 6.07) is 3.95. The number of hydrogen-bond donors (Lipinski definition) is 2. The van der Waals surface area contributed by atoms with Crippen molar-refractivity contribution in [1.29, 1.82) is 0 Å². The van der Waals surface area contributed by atoms with Crippen LogP contribution < -0.4 is 11.1 Å². The predicted molar refractivity (Wildman–Crippen MR) is 70.8 cm³/mol. The molecule has 3 nitrogen and oxygen atoms in total. The third-order valence-corrected chi connectivity index (χ3v) is 3.29. The van der Waals surface area contributed by atoms with Crippen LogP contribution in [0.25, 0.3) is 0 Å². The zero-order valence-electron chi connectivity index (χ0n) is 10.7. The minimum absolute atomic E-state index is 0.0499. The monoisotopic (exact) mass is 272 g/mol. The van der Waals surface area contributed by atoms with E-state index < -0.39 is 5.82 Å². The molecule has 0 aromatic heterocycles. The van der Waals surface area contributed by atoms with Crippen LogP contribution in [-0.2, 0) is 4.79 Å². The van der Waals surface area contributed by atoms with E-state index in [9.17, 15) is 9.18 Å². The van der Waals surface area contributed by atoms with Crippen LogP contribution in [-0.4, -0.2) is 11.9 Å². The van der Waals surface area contributed by atoms with Crippen LogP contribution in [0.15, 0.2) is 18.2 Å². The number of nitrogens with one attached hydrogen (secondary N) is 1. The Morgan fingerprint density at radius 3 is 2.50 bits per heavy atom. The van der Waals surface area contributed by atoms with Gasteiger partial charge in [-0.25, -0.2) is 4.39 Å². The summed E-state index contributed by atoms with van der Waals surface area (Å²) < 4.78 is 13.0. The van der Waals surface area contributed by atoms with E-state index in [1.165, 1.54) is 12.1 Å². The maximum Gasteiger partial charge on any atom is 0.224 e. The van der Waals surface area contributed by atoms with E-state index in [4.69, 9.17) is 17.3 Å². The zero-order valence-corrected chi connectivity index (χ0v) is 11.5. The predicted octanol–water partition coefficient (Wildman–Crippen LogP) is 2.64. The fourth-order valence-corrected chi connectivity index (χ4v) is 1.64. The van der Waals surface area contributed by atoms with Crippen LogP contribution in [0.1, 0.15) is 32.4 Å². The Labute approximate surface area is 112 Å². The largest absolute Gasteiger partial charge is 0.349 e. The number of hydrogen-bond acceptors (Lipinski definition) is 2. The highest BCUT2D eigenvalue weighted by molar-refractivity contribution is 6.30. The molecule has 18 heavy (non-hydrogen) atoms. The quantitative estimate of drug-likeness (QED) is 0.885. The smallest absolute Gasteiger partial charge is 0.224 e. The molecule has 3 N–H and O–H groups in total. The van der Waals surface area contributed by atoms with Gasteiger partial charge in [0.1, 0.15) is 5.82 Å². The molecule has 0 radical (unpaired) electrons. The molecule has 0 aliphatic rings. The maximum absolute atomic E-state index is 13.0. The number of carbonyl (C=O) groups is 1. The minimum Gasteiger partial charge on any atom is -0.349 e. The molecule has 1 aromatic rings. The van der Waals surface area contributed by atoms with Crippen molar-refractivity contribution in [3.05, 3.63) is 34.6 Å². The third kappa shape index (κ3) is 3.68. The first-order valence-electron chi connectivity index (χ1n) is 5.83. The summed E-state index contributed by atoms with van der Waals surface area (Å²) in [6.45, 7) is 5.36. The summed E-state index contributed by atoms with van der Waals surface area (Å²) in [6.07, 6.45) is 0. The van der Waals surface area contributed by atoms with Crippen LogP contribution in [0.5, 0.6) is 0 Å². The van der Waals surface area contributed by atoms with E-state index in [1.807, 2.05) is 6.92 Å². The van der Waals surface area contributed by atoms with E-state index in [2.05, 4.69) is 5.32 Å². The van der Waals surface area contributed by atoms with Gasteiger partial charge in [0, 0.05) is 12.0 Å². The lowest BCUT2D eigenvalue weighted by Gasteiger charge is -2.20. The van der Waals surface area contributed by atoms with Gasteiger partial charge in [0.25, 0.3) is 0 Å². The summed E-state index contributed by atoms with van der Waals surface area (Å²) >= 11 is 5.70. The number of halogens is 2. The van der Waals surface area contributed by atoms with Gasteiger partial charge in [-0.05, 0) is 31.5 Å². The standard InChI is InChI=1S/C13H18ClFN2O/c1-7(8(2)16)13(18)17-9(3)10-4-5-12(15)11(14)6-10/h4-9H,16H2,1-3H3,(H,17,18). The van der Waals surface area contributed by atoms with Crippen LogP contribution in [0.2, 0.25) is 5.02 Å². The SMILES string of the molecule is CC(NC(=O)C(C)C(C)N)c1ccc(F)c(Cl)c1. The Bertz CT molecular complexity index is 437. The van der Waals surface area contributed by atoms with Gasteiger partial charge < -0.3 is 11.1 Å². The highest BCUT2D eigenvalue weighted by Crippen LogP contribution is 2.21. The second-order valence-electron chi connectivity index (χ2n) is 4.55. The molecule has 3 unspecified atom stereocenters. The molecule has 1 rings (SSSR count). The van der Waals surface area contributed by atoms with E-state index in [0.717, 1.165) is 5.56 Å². The van der Waals surface area contributed by atoms with E-state index in [1.54, 1.807) is 19.9 Å². The second-order valence-corrected chi connectivity index (χ2v) is 4.96. The molecule has 0 saturated heterocycles. The Morgan fingerprint density at radius 2 is 2.00 bits per heavy atom. The molecule has 3 atom stereocenters. The Kier molecular flexibility index (Phi) is 5.11. The highest BCUT2D eigenvalue weighted by atomic mass is 35.5. The average molecular weight is 273 g/mol. The summed E-state index contributed by atoms with van der Waals surface area (Å²) in [7, 11) is 0. The summed E-state index contributed by atoms with van der Waals surface area (Å²) in [5.41, 5.74) is 6.42. The van der Waals surface area contributed by atoms with Crippen molar-refractivity contribution in [2.45, 2.75) is 32.9 Å². The molecule has 0 aliphatic heterocycles. The fraction of sp³-hybridized carbons (Fsp3) is 0.462. The molecule has 100 valence electrons. The van der Waals surface area contributed by atoms with Crippen molar-refractivity contribution < 1.29 is 9.18 Å². The molecule has 0 fully saturated rings. The van der Waals surface area contributed by atoms with E-state index >= 15 is 0 Å². The second kappa shape index (κ2) is 6.16. The number of amides is 1. The highest BCUT2D eigenvalue weighted by Gasteiger charge is 2.19. The summed E-state index contributed by atoms with van der Waals surface area (Å²) in [4.78, 5) is 11.8. The number of rotatable bonds is 4. The van der Waals surface area contributed by atoms with Crippen LogP contribution >= 0.6 is 11.6 Å². The number of benzene rings is 1. The normalized spacial score (nSPS) is 15.9. The maximum atomic E-state index is 13.0. The lowest BCUT2D eigenvalue weighted by molar-refractivity contribution is -0.125. The first-order valence-corrected chi connectivity index (χ1v) is 6.21. The summed E-state index contributed by atoms with van der Waals surface area (Å²) in [5, 5.41) is 2.87. The lowest BCUT2D eigenvalue weighted by atomic mass is 10.0. The van der Waals surface area contributed by atoms with E-state index in [0.29, 0.717) is 0 Å². The van der Waals surface area contributed by atoms with Gasteiger partial charge in [-0.15, -0.1) is 0 Å². The van der Waals surface area contributed by atoms with Gasteiger partial charge >= 0.3 is 0 Å². The molecular weight excluding hydrogens is 255 g/mol. The van der Waals surface area contributed by atoms with Crippen LogP contribution in [0.4, 0.5) is 4.39 Å². The molecule has 1 aromatic carbocycles. The van der Waals surface area contributed by atoms with Crippen molar-refractivity contribution in [3.8, 4) is 0 Å². The molecule has 0 aliphatic carbocycles. The first-order chi connectivity index (χ1) is 8.32. The molecular formula is C13H18ClFN2O. The van der Waals surface area contributed by atoms with Crippen molar-refractivity contribution in [2.75, 3.05) is 0 Å². The zero-order chi connectivity index (χ0) is 13.9. The summed E-state index contributed by atoms with van der Waals surface area (Å²) in [5.74, 6) is -0.871. The average Bonchev–Trinajstić information content (AvgIpc) is 2.31. The van der Waals surface area contributed by atoms with Crippen LogP contribution in [0, 0.1) is 11.7 Å². The van der Waals surface area contributed by atoms with Gasteiger partial charge in [-0.1, -0.05) is 24.6 Å². The minimum atomic E-state index is -0.470. The fourth-order valence-electron chi connectivity index (χ4n) is 1.45. The molecule has 0 bridgehead atoms. The molecule has 0 saturated carbocycles.